The molecule has 1 aromatic carbocycles. The Labute approximate surface area is 147 Å². The van der Waals surface area contributed by atoms with Gasteiger partial charge in [-0.05, 0) is 44.5 Å². The van der Waals surface area contributed by atoms with Gasteiger partial charge < -0.3 is 15.0 Å². The van der Waals surface area contributed by atoms with Gasteiger partial charge in [0, 0.05) is 18.9 Å². The number of ether oxygens (including phenoxy) is 1. The first kappa shape index (κ1) is 16.3. The molecule has 1 amide bonds. The van der Waals surface area contributed by atoms with Crippen molar-refractivity contribution in [3.05, 3.63) is 48.3 Å². The highest BCUT2D eigenvalue weighted by Gasteiger charge is 2.44. The molecule has 2 aliphatic rings. The predicted octanol–water partition coefficient (Wildman–Crippen LogP) is 1.98. The van der Waals surface area contributed by atoms with Crippen LogP contribution in [0.3, 0.4) is 0 Å². The number of aryl methyl sites for hydroxylation is 1. The van der Waals surface area contributed by atoms with Gasteiger partial charge in [-0.3, -0.25) is 9.48 Å². The molecule has 0 bridgehead atoms. The van der Waals surface area contributed by atoms with Crippen molar-refractivity contribution in [2.75, 3.05) is 24.6 Å². The van der Waals surface area contributed by atoms with Crippen LogP contribution in [0.25, 0.3) is 0 Å². The van der Waals surface area contributed by atoms with E-state index in [4.69, 9.17) is 4.74 Å². The number of piperidine rings is 1. The first-order chi connectivity index (χ1) is 12.2. The van der Waals surface area contributed by atoms with Crippen LogP contribution in [0.2, 0.25) is 0 Å². The number of carbonyl (C=O) groups excluding carboxylic acids is 1. The molecule has 2 fully saturated rings. The highest BCUT2D eigenvalue weighted by atomic mass is 16.5. The van der Waals surface area contributed by atoms with Crippen LogP contribution in [0, 0.1) is 0 Å². The average molecular weight is 340 g/mol. The van der Waals surface area contributed by atoms with Crippen molar-refractivity contribution in [3.8, 4) is 0 Å². The number of hydrogen-bond donors (Lipinski definition) is 1. The minimum atomic E-state index is -0.0852. The largest absolute Gasteiger partial charge is 0.373 e. The van der Waals surface area contributed by atoms with Crippen molar-refractivity contribution in [1.82, 2.24) is 15.1 Å². The van der Waals surface area contributed by atoms with Gasteiger partial charge in [-0.1, -0.05) is 18.2 Å². The number of hydrogen-bond acceptors (Lipinski definition) is 4. The molecular formula is C19H24N4O2. The molecule has 6 nitrogen and oxygen atoms in total. The van der Waals surface area contributed by atoms with Gasteiger partial charge in [0.15, 0.2) is 0 Å². The number of nitrogens with one attached hydrogen (secondary N) is 1. The molecular weight excluding hydrogens is 316 g/mol. The van der Waals surface area contributed by atoms with Crippen molar-refractivity contribution in [2.45, 2.75) is 30.9 Å². The van der Waals surface area contributed by atoms with Gasteiger partial charge in [0.05, 0.1) is 30.0 Å². The van der Waals surface area contributed by atoms with Crippen molar-refractivity contribution >= 4 is 11.6 Å². The van der Waals surface area contributed by atoms with Crippen molar-refractivity contribution < 1.29 is 9.53 Å². The third-order valence-corrected chi connectivity index (χ3v) is 5.27. The predicted molar refractivity (Wildman–Crippen MR) is 95.7 cm³/mol. The fraction of sp³-hybridized carbons (Fsp3) is 0.474. The van der Waals surface area contributed by atoms with Crippen LogP contribution in [0.15, 0.2) is 42.7 Å². The maximum atomic E-state index is 13.2. The molecule has 2 saturated heterocycles. The smallest absolute Gasteiger partial charge is 0.261 e. The van der Waals surface area contributed by atoms with E-state index in [0.29, 0.717) is 12.2 Å². The van der Waals surface area contributed by atoms with E-state index in [1.165, 1.54) is 0 Å². The summed E-state index contributed by atoms with van der Waals surface area (Å²) in [5.41, 5.74) is 1.44. The molecule has 1 aromatic heterocycles. The van der Waals surface area contributed by atoms with Gasteiger partial charge in [0.1, 0.15) is 0 Å². The molecule has 0 saturated carbocycles. The summed E-state index contributed by atoms with van der Waals surface area (Å²) in [7, 11) is 1.83. The van der Waals surface area contributed by atoms with E-state index >= 15 is 0 Å². The van der Waals surface area contributed by atoms with Crippen LogP contribution >= 0.6 is 0 Å². The van der Waals surface area contributed by atoms with Crippen LogP contribution in [-0.2, 0) is 11.8 Å². The zero-order valence-electron chi connectivity index (χ0n) is 14.5. The summed E-state index contributed by atoms with van der Waals surface area (Å²) in [5, 5.41) is 7.54. The first-order valence-corrected chi connectivity index (χ1v) is 8.89. The molecule has 1 atom stereocenters. The van der Waals surface area contributed by atoms with E-state index in [0.717, 1.165) is 38.0 Å². The topological polar surface area (TPSA) is 59.4 Å². The molecule has 0 aliphatic carbocycles. The lowest BCUT2D eigenvalue weighted by atomic mass is 9.87. The van der Waals surface area contributed by atoms with Crippen LogP contribution in [0.1, 0.15) is 29.6 Å². The lowest BCUT2D eigenvalue weighted by Gasteiger charge is -2.34. The lowest BCUT2D eigenvalue weighted by molar-refractivity contribution is -0.0193. The Hall–Kier alpha value is -2.18. The summed E-state index contributed by atoms with van der Waals surface area (Å²) < 4.78 is 7.90. The second kappa shape index (κ2) is 6.61. The SMILES string of the molecule is Cn1cc(C(=O)N(c2ccccc2)[C@@H]2COC3(CCNCC3)C2)cn1. The van der Waals surface area contributed by atoms with E-state index < -0.39 is 0 Å². The zero-order chi connectivity index (χ0) is 17.3. The maximum Gasteiger partial charge on any atom is 0.261 e. The highest BCUT2D eigenvalue weighted by molar-refractivity contribution is 6.06. The molecule has 2 aliphatic heterocycles. The molecule has 132 valence electrons. The van der Waals surface area contributed by atoms with E-state index in [1.807, 2.05) is 42.3 Å². The number of amides is 1. The number of carbonyl (C=O) groups is 1. The molecule has 3 heterocycles. The molecule has 0 unspecified atom stereocenters. The maximum absolute atomic E-state index is 13.2. The third-order valence-electron chi connectivity index (χ3n) is 5.27. The van der Waals surface area contributed by atoms with E-state index in [1.54, 1.807) is 17.1 Å². The molecule has 1 spiro atoms. The Bertz CT molecular complexity index is 737. The normalized spacial score (nSPS) is 22.2. The van der Waals surface area contributed by atoms with Gasteiger partial charge in [-0.25, -0.2) is 0 Å². The van der Waals surface area contributed by atoms with Crippen molar-refractivity contribution in [2.24, 2.45) is 7.05 Å². The lowest BCUT2D eigenvalue weighted by Crippen LogP contribution is -2.44. The van der Waals surface area contributed by atoms with Crippen LogP contribution in [0.4, 0.5) is 5.69 Å². The number of aromatic nitrogens is 2. The summed E-state index contributed by atoms with van der Waals surface area (Å²) in [4.78, 5) is 15.1. The fourth-order valence-corrected chi connectivity index (χ4v) is 3.97. The summed E-state index contributed by atoms with van der Waals surface area (Å²) in [5.74, 6) is -0.0149. The van der Waals surface area contributed by atoms with Gasteiger partial charge in [0.2, 0.25) is 0 Å². The van der Waals surface area contributed by atoms with Crippen molar-refractivity contribution in [1.29, 1.82) is 0 Å². The molecule has 1 N–H and O–H groups in total. The minimum absolute atomic E-state index is 0.0149. The standard InChI is InChI=1S/C19H24N4O2/c1-22-13-15(12-21-22)18(24)23(16-5-3-2-4-6-16)17-11-19(25-14-17)7-9-20-10-8-19/h2-6,12-13,17,20H,7-11,14H2,1H3/t17-/m0/s1. The van der Waals surface area contributed by atoms with Gasteiger partial charge in [-0.2, -0.15) is 5.10 Å². The number of rotatable bonds is 3. The Morgan fingerprint density at radius 1 is 1.32 bits per heavy atom. The number of benzene rings is 1. The van der Waals surface area contributed by atoms with Gasteiger partial charge in [0.25, 0.3) is 5.91 Å². The first-order valence-electron chi connectivity index (χ1n) is 8.89. The van der Waals surface area contributed by atoms with E-state index in [-0.39, 0.29) is 17.6 Å². The quantitative estimate of drug-likeness (QED) is 0.928. The Kier molecular flexibility index (Phi) is 4.31. The van der Waals surface area contributed by atoms with Gasteiger partial charge in [-0.15, -0.1) is 0 Å². The average Bonchev–Trinajstić information content (AvgIpc) is 3.24. The summed E-state index contributed by atoms with van der Waals surface area (Å²) in [6.45, 7) is 2.55. The molecule has 6 heteroatoms. The Morgan fingerprint density at radius 2 is 2.08 bits per heavy atom. The molecule has 25 heavy (non-hydrogen) atoms. The van der Waals surface area contributed by atoms with E-state index in [9.17, 15) is 4.79 Å². The monoisotopic (exact) mass is 340 g/mol. The summed E-state index contributed by atoms with van der Waals surface area (Å²) >= 11 is 0. The zero-order valence-corrected chi connectivity index (χ0v) is 14.5. The highest BCUT2D eigenvalue weighted by Crippen LogP contribution is 2.37. The number of anilines is 1. The van der Waals surface area contributed by atoms with Crippen LogP contribution in [0.5, 0.6) is 0 Å². The number of nitrogens with zero attached hydrogens (tertiary/aromatic N) is 3. The van der Waals surface area contributed by atoms with E-state index in [2.05, 4.69) is 10.4 Å². The molecule has 0 radical (unpaired) electrons. The number of para-hydroxylation sites is 1. The minimum Gasteiger partial charge on any atom is -0.373 e. The summed E-state index contributed by atoms with van der Waals surface area (Å²) in [6, 6.07) is 9.93. The Morgan fingerprint density at radius 3 is 2.76 bits per heavy atom. The molecule has 2 aromatic rings. The van der Waals surface area contributed by atoms with Crippen LogP contribution in [-0.4, -0.2) is 47.0 Å². The summed E-state index contributed by atoms with van der Waals surface area (Å²) in [6.07, 6.45) is 6.30. The second-order valence-electron chi connectivity index (χ2n) is 7.02. The Balaban J connectivity index is 1.63. The van der Waals surface area contributed by atoms with Gasteiger partial charge >= 0.3 is 0 Å². The third kappa shape index (κ3) is 3.19. The molecule has 4 rings (SSSR count). The fourth-order valence-electron chi connectivity index (χ4n) is 3.97. The van der Waals surface area contributed by atoms with Crippen LogP contribution < -0.4 is 10.2 Å². The van der Waals surface area contributed by atoms with Crippen molar-refractivity contribution in [3.63, 3.8) is 0 Å². The second-order valence-corrected chi connectivity index (χ2v) is 7.02.